The first kappa shape index (κ1) is 32.5. The number of aryl methyl sites for hydroxylation is 2. The fraction of sp³-hybridized carbons (Fsp3) is 0.406. The van der Waals surface area contributed by atoms with Gasteiger partial charge in [-0.15, -0.1) is 11.3 Å². The quantitative estimate of drug-likeness (QED) is 0.297. The molecular formula is C32H37N7O6S. The predicted molar refractivity (Wildman–Crippen MR) is 168 cm³/mol. The third-order valence-corrected chi connectivity index (χ3v) is 8.47. The number of oxazole rings is 1. The van der Waals surface area contributed by atoms with Crippen LogP contribution in [-0.2, 0) is 11.2 Å². The van der Waals surface area contributed by atoms with Gasteiger partial charge in [0.25, 0.3) is 17.7 Å². The van der Waals surface area contributed by atoms with Crippen LogP contribution in [0.5, 0.6) is 0 Å². The molecule has 0 aliphatic carbocycles. The number of fused-ring (bicyclic) bond motifs is 4. The van der Waals surface area contributed by atoms with Crippen molar-refractivity contribution in [3.63, 3.8) is 0 Å². The maximum Gasteiger partial charge on any atom is 0.292 e. The van der Waals surface area contributed by atoms with E-state index >= 15 is 0 Å². The first-order valence-corrected chi connectivity index (χ1v) is 16.0. The van der Waals surface area contributed by atoms with Gasteiger partial charge in [0.15, 0.2) is 5.69 Å². The molecule has 242 valence electrons. The highest BCUT2D eigenvalue weighted by atomic mass is 32.1. The number of benzene rings is 1. The van der Waals surface area contributed by atoms with Crippen LogP contribution in [0.4, 0.5) is 0 Å². The Labute approximate surface area is 270 Å². The van der Waals surface area contributed by atoms with Crippen LogP contribution in [0.15, 0.2) is 50.7 Å². The van der Waals surface area contributed by atoms with Crippen LogP contribution >= 0.6 is 11.3 Å². The molecular weight excluding hydrogens is 610 g/mol. The minimum Gasteiger partial charge on any atom is -0.443 e. The maximum atomic E-state index is 13.5. The molecule has 1 aromatic carbocycles. The van der Waals surface area contributed by atoms with E-state index < -0.39 is 29.8 Å². The van der Waals surface area contributed by atoms with Crippen LogP contribution in [0.2, 0.25) is 0 Å². The lowest BCUT2D eigenvalue weighted by molar-refractivity contribution is -0.122. The van der Waals surface area contributed by atoms with Gasteiger partial charge in [0.1, 0.15) is 22.5 Å². The lowest BCUT2D eigenvalue weighted by atomic mass is 10.0. The van der Waals surface area contributed by atoms with E-state index in [1.54, 1.807) is 25.3 Å². The summed E-state index contributed by atoms with van der Waals surface area (Å²) in [6, 6.07) is 10.0. The molecule has 3 aromatic heterocycles. The normalized spacial score (nSPS) is 18.5. The molecule has 4 aromatic rings. The van der Waals surface area contributed by atoms with Gasteiger partial charge in [0, 0.05) is 43.9 Å². The number of nitrogens with zero attached hydrogens (tertiary/aromatic N) is 4. The summed E-state index contributed by atoms with van der Waals surface area (Å²) in [5.74, 6) is -0.981. The fourth-order valence-corrected chi connectivity index (χ4v) is 6.13. The standard InChI is InChI=1S/C32H37N7O6S/c1-18(2)26-31-35-23(17-46-31)28(41)33-12-14-39(32(43)24-15-19(3)38-45-24)13-8-11-25(40)34-22(16-21-9-6-5-7-10-21)30-37-27(20(4)44-30)29(42)36-26/h5-7,9-10,15,17-18,22,26H,8,11-14,16H2,1-4H3,(H,33,41)(H,34,40)(H,36,42)/t22-,26-/m0/s1. The molecule has 0 unspecified atom stereocenters. The molecule has 4 amide bonds. The fourth-order valence-electron chi connectivity index (χ4n) is 5.11. The summed E-state index contributed by atoms with van der Waals surface area (Å²) in [6.07, 6.45) is 0.821. The lowest BCUT2D eigenvalue weighted by Gasteiger charge is -2.22. The molecule has 14 heteroatoms. The summed E-state index contributed by atoms with van der Waals surface area (Å²) >= 11 is 1.27. The van der Waals surface area contributed by atoms with E-state index in [0.717, 1.165) is 5.56 Å². The molecule has 1 aliphatic rings. The monoisotopic (exact) mass is 647 g/mol. The number of carbonyl (C=O) groups is 4. The van der Waals surface area contributed by atoms with Crippen molar-refractivity contribution in [2.24, 2.45) is 5.92 Å². The Morgan fingerprint density at radius 2 is 1.85 bits per heavy atom. The van der Waals surface area contributed by atoms with Crippen LogP contribution in [0.3, 0.4) is 0 Å². The van der Waals surface area contributed by atoms with Gasteiger partial charge in [-0.25, -0.2) is 9.97 Å². The molecule has 0 radical (unpaired) electrons. The van der Waals surface area contributed by atoms with Crippen LogP contribution in [0.25, 0.3) is 0 Å². The van der Waals surface area contributed by atoms with Gasteiger partial charge in [-0.05, 0) is 31.7 Å². The average molecular weight is 648 g/mol. The number of hydrogen-bond acceptors (Lipinski definition) is 10. The van der Waals surface area contributed by atoms with E-state index in [-0.39, 0.29) is 60.9 Å². The number of nitrogens with one attached hydrogen (secondary N) is 3. The third-order valence-electron chi connectivity index (χ3n) is 7.54. The number of rotatable bonds is 4. The van der Waals surface area contributed by atoms with Crippen molar-refractivity contribution in [3.05, 3.63) is 86.8 Å². The molecule has 13 nitrogen and oxygen atoms in total. The Bertz CT molecular complexity index is 1700. The Kier molecular flexibility index (Phi) is 10.3. The zero-order chi connectivity index (χ0) is 32.8. The zero-order valence-corrected chi connectivity index (χ0v) is 27.0. The number of carbonyl (C=O) groups excluding carboxylic acids is 4. The molecule has 2 atom stereocenters. The van der Waals surface area contributed by atoms with E-state index in [1.165, 1.54) is 16.2 Å². The summed E-state index contributed by atoms with van der Waals surface area (Å²) in [5, 5.41) is 14.9. The molecule has 4 heterocycles. The van der Waals surface area contributed by atoms with E-state index in [1.807, 2.05) is 44.2 Å². The van der Waals surface area contributed by atoms with Gasteiger partial charge >= 0.3 is 0 Å². The molecule has 5 rings (SSSR count). The summed E-state index contributed by atoms with van der Waals surface area (Å²) < 4.78 is 11.2. The second-order valence-corrected chi connectivity index (χ2v) is 12.4. The molecule has 0 fully saturated rings. The second kappa shape index (κ2) is 14.5. The third kappa shape index (κ3) is 7.86. The van der Waals surface area contributed by atoms with Crippen molar-refractivity contribution >= 4 is 35.0 Å². The Balaban J connectivity index is 1.45. The summed E-state index contributed by atoms with van der Waals surface area (Å²) in [4.78, 5) is 63.6. The van der Waals surface area contributed by atoms with Crippen LogP contribution < -0.4 is 16.0 Å². The van der Waals surface area contributed by atoms with Crippen LogP contribution in [-0.4, -0.2) is 63.3 Å². The van der Waals surface area contributed by atoms with Crippen LogP contribution in [0.1, 0.15) is 98.2 Å². The summed E-state index contributed by atoms with van der Waals surface area (Å²) in [7, 11) is 0. The first-order chi connectivity index (χ1) is 22.1. The van der Waals surface area contributed by atoms with Crippen molar-refractivity contribution in [2.75, 3.05) is 19.6 Å². The van der Waals surface area contributed by atoms with Gasteiger partial charge in [0.05, 0.1) is 11.7 Å². The summed E-state index contributed by atoms with van der Waals surface area (Å²) in [6.45, 7) is 7.80. The Morgan fingerprint density at radius 1 is 1.07 bits per heavy atom. The Hall–Kier alpha value is -4.85. The topological polar surface area (TPSA) is 173 Å². The lowest BCUT2D eigenvalue weighted by Crippen LogP contribution is -2.39. The maximum absolute atomic E-state index is 13.5. The van der Waals surface area contributed by atoms with E-state index in [4.69, 9.17) is 8.94 Å². The highest BCUT2D eigenvalue weighted by molar-refractivity contribution is 7.09. The van der Waals surface area contributed by atoms with Gasteiger partial charge in [-0.3, -0.25) is 19.2 Å². The van der Waals surface area contributed by atoms with Gasteiger partial charge in [-0.1, -0.05) is 49.3 Å². The van der Waals surface area contributed by atoms with Crippen molar-refractivity contribution < 1.29 is 28.1 Å². The molecule has 0 spiro atoms. The highest BCUT2D eigenvalue weighted by Crippen LogP contribution is 2.27. The summed E-state index contributed by atoms with van der Waals surface area (Å²) in [5.41, 5.74) is 1.82. The van der Waals surface area contributed by atoms with Crippen LogP contribution in [0, 0.1) is 19.8 Å². The first-order valence-electron chi connectivity index (χ1n) is 15.2. The van der Waals surface area contributed by atoms with E-state index in [0.29, 0.717) is 29.3 Å². The predicted octanol–water partition coefficient (Wildman–Crippen LogP) is 3.93. The SMILES string of the molecule is Cc1cc(C(=O)N2CCCC(=O)N[C@@H](Cc3ccccc3)c3nc(c(C)o3)C(=O)N[C@@H](C(C)C)c3nc(cs3)C(=O)NCC2)on1. The van der Waals surface area contributed by atoms with Gasteiger partial charge in [0.2, 0.25) is 17.6 Å². The Morgan fingerprint density at radius 3 is 2.57 bits per heavy atom. The molecule has 0 saturated heterocycles. The minimum atomic E-state index is -0.645. The molecule has 1 aliphatic heterocycles. The van der Waals surface area contributed by atoms with Crippen molar-refractivity contribution in [1.82, 2.24) is 36.0 Å². The van der Waals surface area contributed by atoms with E-state index in [9.17, 15) is 19.2 Å². The molecule has 4 bridgehead atoms. The molecule has 0 saturated carbocycles. The van der Waals surface area contributed by atoms with Crippen molar-refractivity contribution in [3.8, 4) is 0 Å². The van der Waals surface area contributed by atoms with Crippen molar-refractivity contribution in [1.29, 1.82) is 0 Å². The van der Waals surface area contributed by atoms with Gasteiger partial charge in [-0.2, -0.15) is 0 Å². The zero-order valence-electron chi connectivity index (χ0n) is 26.2. The second-order valence-electron chi connectivity index (χ2n) is 11.5. The number of amides is 4. The smallest absolute Gasteiger partial charge is 0.292 e. The van der Waals surface area contributed by atoms with Gasteiger partial charge < -0.3 is 29.8 Å². The minimum absolute atomic E-state index is 0.0556. The number of thiazole rings is 1. The molecule has 46 heavy (non-hydrogen) atoms. The van der Waals surface area contributed by atoms with E-state index in [2.05, 4.69) is 31.1 Å². The molecule has 3 N–H and O–H groups in total. The van der Waals surface area contributed by atoms with Crippen molar-refractivity contribution in [2.45, 2.75) is 59.0 Å². The highest BCUT2D eigenvalue weighted by Gasteiger charge is 2.29. The largest absolute Gasteiger partial charge is 0.443 e. The average Bonchev–Trinajstić information content (AvgIpc) is 3.78. The number of aromatic nitrogens is 3. The number of hydrogen-bond donors (Lipinski definition) is 3.